The van der Waals surface area contributed by atoms with Crippen LogP contribution in [0.25, 0.3) is 0 Å². The molecule has 0 aromatic heterocycles. The molecule has 0 unspecified atom stereocenters. The molecule has 0 heterocycles. The molecule has 0 saturated carbocycles. The molecule has 0 amide bonds. The minimum atomic E-state index is -0.867. The van der Waals surface area contributed by atoms with Crippen LogP contribution in [0.3, 0.4) is 0 Å². The monoisotopic (exact) mass is 395 g/mol. The first-order valence-corrected chi connectivity index (χ1v) is 14.5. The molecule has 0 spiro atoms. The molecule has 14 heavy (non-hydrogen) atoms. The van der Waals surface area contributed by atoms with Gasteiger partial charge in [-0.1, -0.05) is 0 Å². The fourth-order valence-corrected chi connectivity index (χ4v) is 37.6. The number of hydrogen-bond acceptors (Lipinski definition) is 0. The van der Waals surface area contributed by atoms with Gasteiger partial charge in [0.25, 0.3) is 0 Å². The molecule has 0 radical (unpaired) electrons. The van der Waals surface area contributed by atoms with Gasteiger partial charge in [-0.25, -0.2) is 0 Å². The SMILES string of the molecule is CC(C)[P+]([Se]I)(C(C)(C)C)C(C)(C)C. The van der Waals surface area contributed by atoms with E-state index in [4.69, 9.17) is 0 Å². The summed E-state index contributed by atoms with van der Waals surface area (Å²) in [5.41, 5.74) is 0.861. The van der Waals surface area contributed by atoms with Crippen molar-refractivity contribution >= 4 is 37.6 Å². The Morgan fingerprint density at radius 2 is 1.21 bits per heavy atom. The van der Waals surface area contributed by atoms with Crippen molar-refractivity contribution in [3.63, 3.8) is 0 Å². The normalized spacial score (nSPS) is 15.0. The fourth-order valence-electron chi connectivity index (χ4n) is 2.84. The van der Waals surface area contributed by atoms with E-state index in [9.17, 15) is 0 Å². The van der Waals surface area contributed by atoms with Gasteiger partial charge in [0.05, 0.1) is 0 Å². The van der Waals surface area contributed by atoms with E-state index < -0.39 is 5.95 Å². The Balaban J connectivity index is 5.45. The first-order chi connectivity index (χ1) is 6.00. The van der Waals surface area contributed by atoms with E-state index in [2.05, 4.69) is 75.7 Å². The molecule has 0 nitrogen and oxygen atoms in total. The van der Waals surface area contributed by atoms with Crippen LogP contribution in [0.15, 0.2) is 0 Å². The molecular formula is C11H25IPSe+. The van der Waals surface area contributed by atoms with Crippen LogP contribution in [-0.4, -0.2) is 27.2 Å². The maximum absolute atomic E-state index is 2.68. The Kier molecular flexibility index (Phi) is 5.49. The van der Waals surface area contributed by atoms with Crippen molar-refractivity contribution in [2.24, 2.45) is 0 Å². The van der Waals surface area contributed by atoms with E-state index in [1.54, 1.807) is 0 Å². The topological polar surface area (TPSA) is 0 Å². The van der Waals surface area contributed by atoms with Crippen molar-refractivity contribution in [1.82, 2.24) is 0 Å². The molecule has 0 bridgehead atoms. The molecule has 3 heteroatoms. The molecule has 0 atom stereocenters. The summed E-state index contributed by atoms with van der Waals surface area (Å²) in [6.07, 6.45) is 0. The van der Waals surface area contributed by atoms with Crippen molar-refractivity contribution in [1.29, 1.82) is 0 Å². The molecule has 0 fully saturated rings. The van der Waals surface area contributed by atoms with E-state index in [1.807, 2.05) is 0 Å². The summed E-state index contributed by atoms with van der Waals surface area (Å²) in [6, 6.07) is 0. The zero-order valence-electron chi connectivity index (χ0n) is 10.8. The number of rotatable bonds is 2. The zero-order valence-corrected chi connectivity index (χ0v) is 15.6. The van der Waals surface area contributed by atoms with Crippen molar-refractivity contribution in [3.05, 3.63) is 0 Å². The average Bonchev–Trinajstić information content (AvgIpc) is 1.80. The predicted octanol–water partition coefficient (Wildman–Crippen LogP) is 4.98. The third-order valence-electron chi connectivity index (χ3n) is 2.83. The van der Waals surface area contributed by atoms with Crippen LogP contribution in [0.4, 0.5) is 0 Å². The van der Waals surface area contributed by atoms with Crippen molar-refractivity contribution in [3.8, 4) is 0 Å². The molecule has 0 aliphatic rings. The van der Waals surface area contributed by atoms with Gasteiger partial charge in [0.1, 0.15) is 0 Å². The van der Waals surface area contributed by atoms with Crippen molar-refractivity contribution in [2.45, 2.75) is 71.4 Å². The Morgan fingerprint density at radius 3 is 1.21 bits per heavy atom. The predicted molar refractivity (Wildman–Crippen MR) is 81.3 cm³/mol. The van der Waals surface area contributed by atoms with E-state index in [-0.39, 0.29) is 0 Å². The van der Waals surface area contributed by atoms with Crippen LogP contribution in [0.2, 0.25) is 0 Å². The minimum absolute atomic E-state index is 0.501. The molecule has 86 valence electrons. The van der Waals surface area contributed by atoms with Gasteiger partial charge in [-0.05, 0) is 0 Å². The third kappa shape index (κ3) is 2.67. The summed E-state index contributed by atoms with van der Waals surface area (Å²) >= 11 is 3.44. The van der Waals surface area contributed by atoms with Crippen molar-refractivity contribution in [2.75, 3.05) is 0 Å². The Bertz CT molecular complexity index is 174. The second-order valence-corrected chi connectivity index (χ2v) is 22.0. The van der Waals surface area contributed by atoms with Crippen LogP contribution in [0.1, 0.15) is 55.4 Å². The van der Waals surface area contributed by atoms with Gasteiger partial charge in [-0.3, -0.25) is 0 Å². The van der Waals surface area contributed by atoms with Crippen molar-refractivity contribution < 1.29 is 0 Å². The number of hydrogen-bond donors (Lipinski definition) is 0. The van der Waals surface area contributed by atoms with Gasteiger partial charge in [0, 0.05) is 0 Å². The summed E-state index contributed by atoms with van der Waals surface area (Å²) in [7, 11) is 0. The van der Waals surface area contributed by atoms with Crippen LogP contribution >= 0.6 is 26.3 Å². The van der Waals surface area contributed by atoms with Gasteiger partial charge in [0.2, 0.25) is 0 Å². The van der Waals surface area contributed by atoms with Crippen LogP contribution in [0.5, 0.6) is 0 Å². The van der Waals surface area contributed by atoms with Crippen LogP contribution in [0, 0.1) is 0 Å². The Labute approximate surface area is 108 Å². The van der Waals surface area contributed by atoms with Crippen LogP contribution in [-0.2, 0) is 0 Å². The molecule has 0 rings (SSSR count). The van der Waals surface area contributed by atoms with E-state index in [0.29, 0.717) is 10.3 Å². The zero-order chi connectivity index (χ0) is 11.8. The molecule has 0 aromatic carbocycles. The van der Waals surface area contributed by atoms with Gasteiger partial charge in [-0.15, -0.1) is 0 Å². The van der Waals surface area contributed by atoms with E-state index in [1.165, 1.54) is 0 Å². The van der Waals surface area contributed by atoms with E-state index in [0.717, 1.165) is 16.9 Å². The van der Waals surface area contributed by atoms with E-state index >= 15 is 0 Å². The van der Waals surface area contributed by atoms with Gasteiger partial charge in [0.15, 0.2) is 0 Å². The second kappa shape index (κ2) is 4.90. The first-order valence-electron chi connectivity index (χ1n) is 5.20. The first kappa shape index (κ1) is 15.7. The third-order valence-corrected chi connectivity index (χ3v) is 29.1. The van der Waals surface area contributed by atoms with Gasteiger partial charge < -0.3 is 0 Å². The maximum atomic E-state index is 2.68. The van der Waals surface area contributed by atoms with Crippen LogP contribution < -0.4 is 0 Å². The standard InChI is InChI=1S/C11H25IPSe/c1-9(2)13(14-12,10(3,4)5)11(6,7)8/h9H,1-8H3/q+1. The molecule has 0 aliphatic carbocycles. The molecule has 0 aromatic rings. The summed E-state index contributed by atoms with van der Waals surface area (Å²) in [5, 5.41) is 1.00. The second-order valence-electron chi connectivity index (χ2n) is 6.16. The van der Waals surface area contributed by atoms with Gasteiger partial charge in [-0.2, -0.15) is 0 Å². The number of halogens is 1. The summed E-state index contributed by atoms with van der Waals surface area (Å²) in [4.78, 5) is 0. The Morgan fingerprint density at radius 1 is 0.929 bits per heavy atom. The Hall–Kier alpha value is 1.68. The molecule has 0 saturated heterocycles. The summed E-state index contributed by atoms with van der Waals surface area (Å²) in [6.45, 7) is 19.6. The fraction of sp³-hybridized carbons (Fsp3) is 1.00. The molecule has 0 N–H and O–H groups in total. The average molecular weight is 394 g/mol. The summed E-state index contributed by atoms with van der Waals surface area (Å²) in [5.74, 6) is -0.867. The van der Waals surface area contributed by atoms with Gasteiger partial charge >= 0.3 is 109 Å². The summed E-state index contributed by atoms with van der Waals surface area (Å²) < 4.78 is 0. The quantitative estimate of drug-likeness (QED) is 0.352. The molecule has 0 aliphatic heterocycles. The molecular weight excluding hydrogens is 369 g/mol.